The monoisotopic (exact) mass is 554 g/mol. The lowest BCUT2D eigenvalue weighted by Gasteiger charge is -2.37. The van der Waals surface area contributed by atoms with Crippen LogP contribution in [0.4, 0.5) is 22.0 Å². The molecule has 0 radical (unpaired) electrons. The normalized spacial score (nSPS) is 22.5. The molecular weight excluding hydrogens is 535 g/mol. The average molecular weight is 554 g/mol. The zero-order valence-electron chi connectivity index (χ0n) is 20.5. The highest BCUT2D eigenvalue weighted by Gasteiger charge is 2.62. The molecule has 0 spiro atoms. The molecule has 2 aliphatic rings. The minimum Gasteiger partial charge on any atom is -0.464 e. The second-order valence-electron chi connectivity index (χ2n) is 9.13. The number of benzene rings is 2. The average Bonchev–Trinajstić information content (AvgIpc) is 3.35. The minimum atomic E-state index is -4.81. The molecule has 0 unspecified atom stereocenters. The minimum absolute atomic E-state index is 0.0998. The van der Waals surface area contributed by atoms with E-state index in [-0.39, 0.29) is 27.9 Å². The molecule has 0 aliphatic carbocycles. The maximum absolute atomic E-state index is 15.3. The number of halogens is 5. The second kappa shape index (κ2) is 10.5. The number of carbonyl (C=O) groups is 1. The Kier molecular flexibility index (Phi) is 7.08. The quantitative estimate of drug-likeness (QED) is 0.450. The lowest BCUT2D eigenvalue weighted by Crippen LogP contribution is -2.50. The topological polar surface area (TPSA) is 96.6 Å². The highest BCUT2D eigenvalue weighted by molar-refractivity contribution is 6.04. The number of fused-ring (bicyclic) bond motifs is 1. The van der Waals surface area contributed by atoms with Crippen LogP contribution in [-0.4, -0.2) is 42.4 Å². The van der Waals surface area contributed by atoms with Crippen LogP contribution in [0.1, 0.15) is 32.7 Å². The molecule has 3 atom stereocenters. The number of nitriles is 1. The Morgan fingerprint density at radius 3 is 2.60 bits per heavy atom. The maximum atomic E-state index is 15.3. The summed E-state index contributed by atoms with van der Waals surface area (Å²) < 4.78 is 82.3. The Morgan fingerprint density at radius 2 is 1.93 bits per heavy atom. The molecule has 0 bridgehead atoms. The lowest BCUT2D eigenvalue weighted by atomic mass is 9.77. The fourth-order valence-electron chi connectivity index (χ4n) is 4.68. The zero-order chi connectivity index (χ0) is 28.5. The molecule has 12 heteroatoms. The third kappa shape index (κ3) is 5.15. The molecule has 204 valence electrons. The molecule has 0 saturated carbocycles. The summed E-state index contributed by atoms with van der Waals surface area (Å²) in [6.45, 7) is -1.25. The van der Waals surface area contributed by atoms with Gasteiger partial charge in [-0.15, -0.1) is 0 Å². The van der Waals surface area contributed by atoms with Gasteiger partial charge in [0.1, 0.15) is 23.3 Å². The number of nitrogens with one attached hydrogen (secondary N) is 1. The number of amidine groups is 1. The van der Waals surface area contributed by atoms with Gasteiger partial charge in [0.05, 0.1) is 30.4 Å². The van der Waals surface area contributed by atoms with E-state index in [1.54, 1.807) is 18.2 Å². The van der Waals surface area contributed by atoms with E-state index >= 15 is 4.39 Å². The molecule has 1 aromatic heterocycles. The molecule has 1 saturated heterocycles. The second-order valence-corrected chi connectivity index (χ2v) is 9.13. The number of aliphatic imine (C=N–C) groups is 1. The van der Waals surface area contributed by atoms with Gasteiger partial charge in [-0.05, 0) is 48.0 Å². The molecule has 1 amide bonds. The molecule has 7 nitrogen and oxygen atoms in total. The number of carbonyl (C=O) groups excluding carboxylic acids is 1. The van der Waals surface area contributed by atoms with Crippen molar-refractivity contribution < 1.29 is 36.2 Å². The van der Waals surface area contributed by atoms with Gasteiger partial charge in [-0.25, -0.2) is 13.8 Å². The predicted molar refractivity (Wildman–Crippen MR) is 133 cm³/mol. The summed E-state index contributed by atoms with van der Waals surface area (Å²) in [5, 5.41) is 11.3. The summed E-state index contributed by atoms with van der Waals surface area (Å²) in [5.41, 5.74) is -1.75. The highest BCUT2D eigenvalue weighted by Crippen LogP contribution is 2.50. The van der Waals surface area contributed by atoms with Crippen LogP contribution in [-0.2, 0) is 15.0 Å². The van der Waals surface area contributed by atoms with E-state index in [1.165, 1.54) is 42.6 Å². The maximum Gasteiger partial charge on any atom is 0.415 e. The SMILES string of the molecule is N#Cc1ccc(/C(F)=C/c2ccc(F)c([C@]34CO[C@H](C(F)(F)F)[C@H]3COC(NC(=O)c3ccccc3)=N4)c2)nc1. The summed E-state index contributed by atoms with van der Waals surface area (Å²) >= 11 is 0. The molecule has 1 N–H and O–H groups in total. The van der Waals surface area contributed by atoms with Gasteiger partial charge in [0.15, 0.2) is 6.10 Å². The molecule has 40 heavy (non-hydrogen) atoms. The molecule has 3 aromatic rings. The number of ether oxygens (including phenoxy) is 2. The summed E-state index contributed by atoms with van der Waals surface area (Å²) in [6, 6.07) is 15.5. The largest absolute Gasteiger partial charge is 0.464 e. The fraction of sp³-hybridized carbons (Fsp3) is 0.214. The Balaban J connectivity index is 1.55. The summed E-state index contributed by atoms with van der Waals surface area (Å²) in [4.78, 5) is 20.8. The van der Waals surface area contributed by atoms with Crippen LogP contribution in [0.2, 0.25) is 0 Å². The van der Waals surface area contributed by atoms with Crippen LogP contribution in [0.3, 0.4) is 0 Å². The first-order valence-electron chi connectivity index (χ1n) is 11.9. The van der Waals surface area contributed by atoms with Gasteiger partial charge in [0, 0.05) is 17.3 Å². The van der Waals surface area contributed by atoms with E-state index in [4.69, 9.17) is 14.7 Å². The first-order valence-corrected chi connectivity index (χ1v) is 11.9. The molecule has 3 heterocycles. The number of hydrogen-bond acceptors (Lipinski definition) is 6. The predicted octanol–water partition coefficient (Wildman–Crippen LogP) is 5.15. The van der Waals surface area contributed by atoms with E-state index in [0.29, 0.717) is 0 Å². The summed E-state index contributed by atoms with van der Waals surface area (Å²) in [5.74, 6) is -3.85. The van der Waals surface area contributed by atoms with Crippen LogP contribution in [0.15, 0.2) is 71.9 Å². The smallest absolute Gasteiger partial charge is 0.415 e. The van der Waals surface area contributed by atoms with Gasteiger partial charge in [0.2, 0.25) is 0 Å². The Bertz CT molecular complexity index is 1530. The molecule has 1 fully saturated rings. The number of amides is 1. The van der Waals surface area contributed by atoms with Crippen molar-refractivity contribution in [2.45, 2.75) is 17.8 Å². The van der Waals surface area contributed by atoms with Crippen LogP contribution in [0, 0.1) is 23.1 Å². The van der Waals surface area contributed by atoms with Crippen molar-refractivity contribution in [1.29, 1.82) is 5.26 Å². The molecule has 2 aliphatic heterocycles. The van der Waals surface area contributed by atoms with Gasteiger partial charge < -0.3 is 9.47 Å². The van der Waals surface area contributed by atoms with Crippen LogP contribution < -0.4 is 5.32 Å². The number of hydrogen-bond donors (Lipinski definition) is 1. The van der Waals surface area contributed by atoms with Gasteiger partial charge >= 0.3 is 6.18 Å². The fourth-order valence-corrected chi connectivity index (χ4v) is 4.68. The molecular formula is C28H19F5N4O3. The number of pyridine rings is 1. The molecule has 2 aromatic carbocycles. The van der Waals surface area contributed by atoms with Crippen molar-refractivity contribution >= 4 is 23.8 Å². The number of alkyl halides is 3. The number of rotatable bonds is 4. The molecule has 5 rings (SSSR count). The zero-order valence-corrected chi connectivity index (χ0v) is 20.5. The van der Waals surface area contributed by atoms with Gasteiger partial charge in [-0.2, -0.15) is 18.4 Å². The summed E-state index contributed by atoms with van der Waals surface area (Å²) in [7, 11) is 0. The first kappa shape index (κ1) is 27.0. The lowest BCUT2D eigenvalue weighted by molar-refractivity contribution is -0.219. The van der Waals surface area contributed by atoms with Crippen LogP contribution in [0.25, 0.3) is 11.9 Å². The summed E-state index contributed by atoms with van der Waals surface area (Å²) in [6.07, 6.45) is -4.92. The van der Waals surface area contributed by atoms with E-state index in [9.17, 15) is 22.4 Å². The van der Waals surface area contributed by atoms with Crippen molar-refractivity contribution in [3.63, 3.8) is 0 Å². The Labute approximate surface area is 224 Å². The first-order chi connectivity index (χ1) is 19.1. The van der Waals surface area contributed by atoms with E-state index in [1.807, 2.05) is 6.07 Å². The van der Waals surface area contributed by atoms with Crippen molar-refractivity contribution in [2.75, 3.05) is 13.2 Å². The third-order valence-corrected chi connectivity index (χ3v) is 6.63. The van der Waals surface area contributed by atoms with Crippen LogP contribution in [0.5, 0.6) is 0 Å². The van der Waals surface area contributed by atoms with Gasteiger partial charge in [-0.3, -0.25) is 15.1 Å². The van der Waals surface area contributed by atoms with Gasteiger partial charge in [-0.1, -0.05) is 24.3 Å². The third-order valence-electron chi connectivity index (χ3n) is 6.63. The van der Waals surface area contributed by atoms with Gasteiger partial charge in [0.25, 0.3) is 11.9 Å². The highest BCUT2D eigenvalue weighted by atomic mass is 19.4. The van der Waals surface area contributed by atoms with Crippen molar-refractivity contribution in [3.05, 3.63) is 101 Å². The number of nitrogens with zero attached hydrogens (tertiary/aromatic N) is 3. The van der Waals surface area contributed by atoms with Crippen LogP contribution >= 0.6 is 0 Å². The standard InChI is InChI=1S/C28H19F5N4O3/c29-21-8-6-16(11-22(30)23-9-7-17(12-34)13-35-23)10-19(21)27-15-40-24(28(31,32)33)20(27)14-39-26(37-27)36-25(38)18-4-2-1-3-5-18/h1-11,13,20,24H,14-15H2,(H,36,37,38)/b22-11-/t20-,24+,27-/m1/s1. The van der Waals surface area contributed by atoms with Crippen molar-refractivity contribution in [1.82, 2.24) is 10.3 Å². The van der Waals surface area contributed by atoms with Crippen molar-refractivity contribution in [3.8, 4) is 6.07 Å². The van der Waals surface area contributed by atoms with E-state index < -0.39 is 60.5 Å². The van der Waals surface area contributed by atoms with Crippen molar-refractivity contribution in [2.24, 2.45) is 10.9 Å². The number of aromatic nitrogens is 1. The van der Waals surface area contributed by atoms with E-state index in [2.05, 4.69) is 15.3 Å². The van der Waals surface area contributed by atoms with E-state index in [0.717, 1.165) is 12.1 Å². The Morgan fingerprint density at radius 1 is 1.15 bits per heavy atom. The Hall–Kier alpha value is -4.63.